The van der Waals surface area contributed by atoms with Gasteiger partial charge in [0.1, 0.15) is 0 Å². The Bertz CT molecular complexity index is 772. The maximum Gasteiger partial charge on any atom is 0.341 e. The standard InChI is InChI=1S/C11H6INO6/c14-11(15)10-7-2-1-3-9(13(18)19)6(7)4-5-8(10)12(16)17/h1-5H,(H,14,15). The summed E-state index contributed by atoms with van der Waals surface area (Å²) in [6, 6.07) is 6.28. The minimum atomic E-state index is -4.00. The number of aromatic carboxylic acids is 1. The van der Waals surface area contributed by atoms with E-state index in [1.807, 2.05) is 0 Å². The summed E-state index contributed by atoms with van der Waals surface area (Å²) in [6.45, 7) is 0. The van der Waals surface area contributed by atoms with Gasteiger partial charge in [0.15, 0.2) is 0 Å². The summed E-state index contributed by atoms with van der Waals surface area (Å²) >= 11 is -4.00. The molecule has 98 valence electrons. The molecular weight excluding hydrogens is 369 g/mol. The van der Waals surface area contributed by atoms with E-state index in [2.05, 4.69) is 0 Å². The van der Waals surface area contributed by atoms with Crippen molar-refractivity contribution in [3.63, 3.8) is 0 Å². The molecule has 7 nitrogen and oxygen atoms in total. The molecule has 0 fully saturated rings. The van der Waals surface area contributed by atoms with Crippen LogP contribution in [0, 0.1) is 13.7 Å². The lowest BCUT2D eigenvalue weighted by molar-refractivity contribution is -0.383. The van der Waals surface area contributed by atoms with Gasteiger partial charge in [-0.3, -0.25) is 10.1 Å². The number of carbonyl (C=O) groups is 1. The van der Waals surface area contributed by atoms with Crippen molar-refractivity contribution in [1.29, 1.82) is 0 Å². The van der Waals surface area contributed by atoms with Gasteiger partial charge in [-0.2, -0.15) is 0 Å². The van der Waals surface area contributed by atoms with Crippen LogP contribution in [0.25, 0.3) is 10.8 Å². The molecule has 0 aromatic heterocycles. The van der Waals surface area contributed by atoms with Crippen LogP contribution in [-0.2, 0) is 6.14 Å². The molecule has 2 aromatic rings. The van der Waals surface area contributed by atoms with E-state index in [0.717, 1.165) is 6.07 Å². The molecule has 0 unspecified atom stereocenters. The third-order valence-corrected chi connectivity index (χ3v) is 4.41. The molecule has 0 aliphatic rings. The zero-order valence-corrected chi connectivity index (χ0v) is 11.4. The quantitative estimate of drug-likeness (QED) is 0.501. The number of benzene rings is 2. The molecule has 2 rings (SSSR count). The lowest BCUT2D eigenvalue weighted by atomic mass is 10.0. The molecule has 1 N–H and O–H groups in total. The average molecular weight is 375 g/mol. The second kappa shape index (κ2) is 4.88. The Labute approximate surface area is 113 Å². The molecule has 0 atom stereocenters. The van der Waals surface area contributed by atoms with Gasteiger partial charge in [-0.15, -0.1) is 0 Å². The summed E-state index contributed by atoms with van der Waals surface area (Å²) in [5.41, 5.74) is -0.667. The highest BCUT2D eigenvalue weighted by Gasteiger charge is 2.21. The van der Waals surface area contributed by atoms with E-state index < -0.39 is 36.2 Å². The number of hydrogen-bond acceptors (Lipinski definition) is 5. The Kier molecular flexibility index (Phi) is 3.42. The Morgan fingerprint density at radius 1 is 1.16 bits per heavy atom. The van der Waals surface area contributed by atoms with Crippen molar-refractivity contribution in [3.05, 3.63) is 49.6 Å². The molecule has 0 aliphatic heterocycles. The number of hydrogen-bond donors (Lipinski definition) is 1. The van der Waals surface area contributed by atoms with Gasteiger partial charge >= 0.3 is 25.8 Å². The summed E-state index contributed by atoms with van der Waals surface area (Å²) in [5.74, 6) is -1.42. The number of carboxylic acids is 1. The Balaban J connectivity index is 2.99. The second-order valence-electron chi connectivity index (χ2n) is 3.57. The first-order valence-corrected chi connectivity index (χ1v) is 7.76. The first-order valence-electron chi connectivity index (χ1n) is 4.92. The number of nitrogens with zero attached hydrogens (tertiary/aromatic N) is 1. The molecule has 0 radical (unpaired) electrons. The monoisotopic (exact) mass is 375 g/mol. The Hall–Kier alpha value is -2.10. The maximum absolute atomic E-state index is 11.2. The first kappa shape index (κ1) is 13.3. The van der Waals surface area contributed by atoms with E-state index in [4.69, 9.17) is 5.11 Å². The number of rotatable bonds is 3. The number of non-ortho nitro benzene ring substituents is 1. The van der Waals surface area contributed by atoms with Crippen molar-refractivity contribution in [2.75, 3.05) is 0 Å². The fraction of sp³-hybridized carbons (Fsp3) is 0. The summed E-state index contributed by atoms with van der Waals surface area (Å²) in [6.07, 6.45) is 0. The van der Waals surface area contributed by atoms with Crippen LogP contribution in [0.3, 0.4) is 0 Å². The highest BCUT2D eigenvalue weighted by molar-refractivity contribution is 14.2. The summed E-state index contributed by atoms with van der Waals surface area (Å²) in [5, 5.41) is 20.1. The molecule has 0 saturated carbocycles. The zero-order valence-electron chi connectivity index (χ0n) is 9.20. The third-order valence-electron chi connectivity index (χ3n) is 2.56. The van der Waals surface area contributed by atoms with Crippen LogP contribution < -0.4 is 0 Å². The molecule has 19 heavy (non-hydrogen) atoms. The van der Waals surface area contributed by atoms with E-state index in [0.29, 0.717) is 0 Å². The van der Waals surface area contributed by atoms with Crippen LogP contribution in [0.2, 0.25) is 0 Å². The summed E-state index contributed by atoms with van der Waals surface area (Å²) in [4.78, 5) is 21.4. The fourth-order valence-electron chi connectivity index (χ4n) is 1.82. The van der Waals surface area contributed by atoms with E-state index in [-0.39, 0.29) is 20.0 Å². The molecule has 0 spiro atoms. The number of carboxylic acid groups (broad SMARTS) is 1. The minimum Gasteiger partial charge on any atom is -0.478 e. The summed E-state index contributed by atoms with van der Waals surface area (Å²) in [7, 11) is 0. The van der Waals surface area contributed by atoms with Crippen LogP contribution in [-0.4, -0.2) is 16.0 Å². The van der Waals surface area contributed by atoms with Gasteiger partial charge in [-0.1, -0.05) is 12.1 Å². The molecule has 0 bridgehead atoms. The second-order valence-corrected chi connectivity index (χ2v) is 5.98. The van der Waals surface area contributed by atoms with Gasteiger partial charge in [-0.25, -0.2) is 10.9 Å². The van der Waals surface area contributed by atoms with Crippen LogP contribution >= 0.6 is 19.8 Å². The molecular formula is C11H6INO6. The lowest BCUT2D eigenvalue weighted by Gasteiger charge is -2.04. The predicted molar refractivity (Wildman–Crippen MR) is 71.7 cm³/mol. The topological polar surface area (TPSA) is 115 Å². The van der Waals surface area contributed by atoms with Gasteiger partial charge < -0.3 is 5.11 Å². The van der Waals surface area contributed by atoms with Crippen LogP contribution in [0.15, 0.2) is 30.3 Å². The predicted octanol–water partition coefficient (Wildman–Crippen LogP) is 2.81. The Morgan fingerprint density at radius 3 is 2.37 bits per heavy atom. The van der Waals surface area contributed by atoms with Crippen LogP contribution in [0.4, 0.5) is 5.69 Å². The number of fused-ring (bicyclic) bond motifs is 1. The van der Waals surface area contributed by atoms with E-state index in [1.54, 1.807) is 0 Å². The van der Waals surface area contributed by atoms with E-state index in [1.165, 1.54) is 24.3 Å². The molecule has 0 saturated heterocycles. The first-order chi connectivity index (χ1) is 8.93. The maximum atomic E-state index is 11.2. The number of nitro groups is 1. The fourth-order valence-corrected chi connectivity index (χ4v) is 3.25. The molecule has 2 aromatic carbocycles. The van der Waals surface area contributed by atoms with Crippen molar-refractivity contribution >= 4 is 42.2 Å². The summed E-state index contributed by atoms with van der Waals surface area (Å²) < 4.78 is 22.0. The SMILES string of the molecule is O=C(O)c1c(I(=O)=O)ccc2c([N+](=O)[O-])cccc12. The van der Waals surface area contributed by atoms with Crippen LogP contribution in [0.1, 0.15) is 10.4 Å². The van der Waals surface area contributed by atoms with E-state index in [9.17, 15) is 21.0 Å². The van der Waals surface area contributed by atoms with E-state index >= 15 is 0 Å². The average Bonchev–Trinajstić information content (AvgIpc) is 2.35. The Morgan fingerprint density at radius 2 is 1.84 bits per heavy atom. The van der Waals surface area contributed by atoms with Crippen molar-refractivity contribution in [3.8, 4) is 0 Å². The van der Waals surface area contributed by atoms with Gasteiger partial charge in [0.2, 0.25) is 0 Å². The number of nitro benzene ring substituents is 1. The molecule has 8 heteroatoms. The van der Waals surface area contributed by atoms with Crippen molar-refractivity contribution in [2.24, 2.45) is 0 Å². The van der Waals surface area contributed by atoms with Crippen LogP contribution in [0.5, 0.6) is 0 Å². The molecule has 0 aliphatic carbocycles. The third kappa shape index (κ3) is 2.26. The highest BCUT2D eigenvalue weighted by Crippen LogP contribution is 2.33. The van der Waals surface area contributed by atoms with Gasteiger partial charge in [0.05, 0.1) is 19.4 Å². The lowest BCUT2D eigenvalue weighted by Crippen LogP contribution is -2.02. The number of halogens is 1. The van der Waals surface area contributed by atoms with Gasteiger partial charge in [-0.05, 0) is 12.1 Å². The highest BCUT2D eigenvalue weighted by atomic mass is 127. The van der Waals surface area contributed by atoms with Gasteiger partial charge in [0.25, 0.3) is 5.69 Å². The molecule has 0 amide bonds. The van der Waals surface area contributed by atoms with Gasteiger partial charge in [0, 0.05) is 11.5 Å². The largest absolute Gasteiger partial charge is 0.478 e. The normalized spacial score (nSPS) is 10.8. The smallest absolute Gasteiger partial charge is 0.341 e. The zero-order chi connectivity index (χ0) is 14.2. The van der Waals surface area contributed by atoms with Crippen molar-refractivity contribution in [2.45, 2.75) is 0 Å². The van der Waals surface area contributed by atoms with Crippen molar-refractivity contribution in [1.82, 2.24) is 0 Å². The minimum absolute atomic E-state index is 0.0493. The molecule has 0 heterocycles. The van der Waals surface area contributed by atoms with Crippen molar-refractivity contribution < 1.29 is 21.0 Å².